The van der Waals surface area contributed by atoms with Crippen molar-refractivity contribution in [3.8, 4) is 5.88 Å². The highest BCUT2D eigenvalue weighted by Crippen LogP contribution is 2.31. The number of nitrogens with zero attached hydrogens (tertiary/aromatic N) is 4. The van der Waals surface area contributed by atoms with Crippen molar-refractivity contribution in [2.24, 2.45) is 11.8 Å². The molecule has 0 radical (unpaired) electrons. The van der Waals surface area contributed by atoms with Crippen molar-refractivity contribution in [2.45, 2.75) is 51.0 Å². The smallest absolute Gasteiger partial charge is 0.234 e. The molecule has 2 unspecified atom stereocenters. The lowest BCUT2D eigenvalue weighted by Crippen LogP contribution is -2.52. The summed E-state index contributed by atoms with van der Waals surface area (Å²) in [5, 5.41) is 0. The van der Waals surface area contributed by atoms with Gasteiger partial charge in [0.15, 0.2) is 5.82 Å². The molecule has 0 bridgehead atoms. The van der Waals surface area contributed by atoms with E-state index >= 15 is 0 Å². The van der Waals surface area contributed by atoms with Gasteiger partial charge in [0, 0.05) is 19.1 Å². The molecular formula is C19H30N4O. The van der Waals surface area contributed by atoms with E-state index in [9.17, 15) is 0 Å². The molecule has 0 amide bonds. The Morgan fingerprint density at radius 2 is 1.96 bits per heavy atom. The van der Waals surface area contributed by atoms with E-state index in [1.807, 2.05) is 6.20 Å². The lowest BCUT2D eigenvalue weighted by molar-refractivity contribution is 0.102. The lowest BCUT2D eigenvalue weighted by Gasteiger charge is -2.46. The number of piperidine rings is 2. The molecule has 1 aromatic heterocycles. The van der Waals surface area contributed by atoms with Crippen molar-refractivity contribution in [1.29, 1.82) is 0 Å². The van der Waals surface area contributed by atoms with Crippen LogP contribution in [0.5, 0.6) is 5.88 Å². The third-order valence-corrected chi connectivity index (χ3v) is 6.21. The molecule has 0 N–H and O–H groups in total. The lowest BCUT2D eigenvalue weighted by atomic mass is 9.84. The molecule has 2 aliphatic heterocycles. The van der Waals surface area contributed by atoms with Crippen LogP contribution >= 0.6 is 0 Å². The largest absolute Gasteiger partial charge is 0.476 e. The first-order valence-electron chi connectivity index (χ1n) is 9.69. The fraction of sp³-hybridized carbons (Fsp3) is 0.789. The summed E-state index contributed by atoms with van der Waals surface area (Å²) in [4.78, 5) is 14.1. The third kappa shape index (κ3) is 3.51. The zero-order chi connectivity index (χ0) is 16.4. The highest BCUT2D eigenvalue weighted by Gasteiger charge is 2.34. The predicted octanol–water partition coefficient (Wildman–Crippen LogP) is 2.97. The standard InChI is InChI=1S/C19H30N4O/c1-22-9-4-7-16-13-23(10-8-17(16)22)18-11-20-12-19(21-18)24-14-15-5-2-3-6-15/h11-12,15-17H,2-10,13-14H2,1H3. The van der Waals surface area contributed by atoms with Gasteiger partial charge < -0.3 is 14.5 Å². The van der Waals surface area contributed by atoms with Gasteiger partial charge >= 0.3 is 0 Å². The molecule has 0 spiro atoms. The van der Waals surface area contributed by atoms with Crippen molar-refractivity contribution in [2.75, 3.05) is 38.2 Å². The van der Waals surface area contributed by atoms with Gasteiger partial charge in [0.1, 0.15) is 0 Å². The van der Waals surface area contributed by atoms with E-state index in [1.165, 1.54) is 51.5 Å². The summed E-state index contributed by atoms with van der Waals surface area (Å²) in [7, 11) is 2.28. The summed E-state index contributed by atoms with van der Waals surface area (Å²) < 4.78 is 5.94. The minimum Gasteiger partial charge on any atom is -0.476 e. The third-order valence-electron chi connectivity index (χ3n) is 6.21. The van der Waals surface area contributed by atoms with E-state index in [0.29, 0.717) is 11.8 Å². The van der Waals surface area contributed by atoms with Gasteiger partial charge in [-0.15, -0.1) is 0 Å². The number of fused-ring (bicyclic) bond motifs is 1. The van der Waals surface area contributed by atoms with Gasteiger partial charge in [0.25, 0.3) is 0 Å². The first-order valence-corrected chi connectivity index (χ1v) is 9.69. The van der Waals surface area contributed by atoms with Crippen molar-refractivity contribution < 1.29 is 4.74 Å². The van der Waals surface area contributed by atoms with E-state index in [0.717, 1.165) is 37.5 Å². The topological polar surface area (TPSA) is 41.5 Å². The summed E-state index contributed by atoms with van der Waals surface area (Å²) in [5.41, 5.74) is 0. The maximum absolute atomic E-state index is 5.94. The molecule has 1 saturated carbocycles. The molecule has 1 aliphatic carbocycles. The molecule has 5 heteroatoms. The number of hydrogen-bond acceptors (Lipinski definition) is 5. The molecule has 4 rings (SSSR count). The van der Waals surface area contributed by atoms with E-state index in [2.05, 4.69) is 21.8 Å². The Labute approximate surface area is 145 Å². The Morgan fingerprint density at radius 1 is 1.08 bits per heavy atom. The quantitative estimate of drug-likeness (QED) is 0.849. The summed E-state index contributed by atoms with van der Waals surface area (Å²) in [6.45, 7) is 4.24. The molecule has 24 heavy (non-hydrogen) atoms. The number of rotatable bonds is 4. The van der Waals surface area contributed by atoms with Gasteiger partial charge in [-0.05, 0) is 57.5 Å². The van der Waals surface area contributed by atoms with E-state index < -0.39 is 0 Å². The van der Waals surface area contributed by atoms with E-state index in [1.54, 1.807) is 6.20 Å². The van der Waals surface area contributed by atoms with E-state index in [-0.39, 0.29) is 0 Å². The molecule has 2 atom stereocenters. The van der Waals surface area contributed by atoms with Crippen LogP contribution in [0.1, 0.15) is 44.9 Å². The minimum absolute atomic E-state index is 0.697. The molecule has 132 valence electrons. The fourth-order valence-corrected chi connectivity index (χ4v) is 4.80. The Kier molecular flexibility index (Phi) is 4.88. The predicted molar refractivity (Wildman–Crippen MR) is 95.5 cm³/mol. The van der Waals surface area contributed by atoms with Gasteiger partial charge in [-0.1, -0.05) is 12.8 Å². The second-order valence-corrected chi connectivity index (χ2v) is 7.86. The van der Waals surface area contributed by atoms with Gasteiger partial charge in [-0.3, -0.25) is 4.98 Å². The fourth-order valence-electron chi connectivity index (χ4n) is 4.80. The summed E-state index contributed by atoms with van der Waals surface area (Å²) >= 11 is 0. The maximum atomic E-state index is 5.94. The van der Waals surface area contributed by atoms with Gasteiger partial charge in [0.05, 0.1) is 19.0 Å². The van der Waals surface area contributed by atoms with Gasteiger partial charge in [0.2, 0.25) is 5.88 Å². The molecule has 5 nitrogen and oxygen atoms in total. The SMILES string of the molecule is CN1CCCC2CN(c3cncc(OCC4CCCC4)n3)CCC21. The van der Waals surface area contributed by atoms with Crippen molar-refractivity contribution in [1.82, 2.24) is 14.9 Å². The normalized spacial score (nSPS) is 28.8. The van der Waals surface area contributed by atoms with Crippen molar-refractivity contribution in [3.63, 3.8) is 0 Å². The van der Waals surface area contributed by atoms with Crippen LogP contribution in [0.4, 0.5) is 5.82 Å². The molecule has 2 saturated heterocycles. The second-order valence-electron chi connectivity index (χ2n) is 7.86. The van der Waals surface area contributed by atoms with Crippen LogP contribution in [0.15, 0.2) is 12.4 Å². The second kappa shape index (κ2) is 7.26. The summed E-state index contributed by atoms with van der Waals surface area (Å²) in [6.07, 6.45) is 12.9. The average molecular weight is 330 g/mol. The number of aromatic nitrogens is 2. The molecular weight excluding hydrogens is 300 g/mol. The Balaban J connectivity index is 1.38. The zero-order valence-electron chi connectivity index (χ0n) is 14.9. The molecule has 1 aromatic rings. The Morgan fingerprint density at radius 3 is 2.83 bits per heavy atom. The van der Waals surface area contributed by atoms with Crippen LogP contribution in [0.3, 0.4) is 0 Å². The van der Waals surface area contributed by atoms with Crippen LogP contribution in [-0.2, 0) is 0 Å². The minimum atomic E-state index is 0.697. The molecule has 3 heterocycles. The van der Waals surface area contributed by atoms with Crippen LogP contribution < -0.4 is 9.64 Å². The average Bonchev–Trinajstić information content (AvgIpc) is 3.14. The van der Waals surface area contributed by atoms with Gasteiger partial charge in [-0.25, -0.2) is 0 Å². The van der Waals surface area contributed by atoms with Crippen LogP contribution in [0, 0.1) is 11.8 Å². The Bertz CT molecular complexity index is 546. The molecule has 3 fully saturated rings. The van der Waals surface area contributed by atoms with Crippen LogP contribution in [0.25, 0.3) is 0 Å². The first kappa shape index (κ1) is 16.1. The summed E-state index contributed by atoms with van der Waals surface area (Å²) in [5.74, 6) is 3.17. The zero-order valence-corrected chi connectivity index (χ0v) is 14.9. The highest BCUT2D eigenvalue weighted by atomic mass is 16.5. The van der Waals surface area contributed by atoms with Gasteiger partial charge in [-0.2, -0.15) is 4.98 Å². The Hall–Kier alpha value is -1.36. The number of anilines is 1. The first-order chi connectivity index (χ1) is 11.8. The molecule has 3 aliphatic rings. The van der Waals surface area contributed by atoms with Crippen LogP contribution in [-0.4, -0.2) is 54.2 Å². The number of likely N-dealkylation sites (tertiary alicyclic amines) is 1. The molecule has 0 aromatic carbocycles. The van der Waals surface area contributed by atoms with Crippen LogP contribution in [0.2, 0.25) is 0 Å². The number of hydrogen-bond donors (Lipinski definition) is 0. The van der Waals surface area contributed by atoms with Crippen molar-refractivity contribution in [3.05, 3.63) is 12.4 Å². The maximum Gasteiger partial charge on any atom is 0.234 e. The number of ether oxygens (including phenoxy) is 1. The monoisotopic (exact) mass is 330 g/mol. The van der Waals surface area contributed by atoms with E-state index in [4.69, 9.17) is 9.72 Å². The van der Waals surface area contributed by atoms with Crippen molar-refractivity contribution >= 4 is 5.82 Å². The summed E-state index contributed by atoms with van der Waals surface area (Å²) in [6, 6.07) is 0.754. The highest BCUT2D eigenvalue weighted by molar-refractivity contribution is 5.38.